The maximum atomic E-state index is 11.8. The van der Waals surface area contributed by atoms with Crippen LogP contribution in [-0.4, -0.2) is 25.4 Å². The molecule has 1 aliphatic heterocycles. The van der Waals surface area contributed by atoms with Crippen LogP contribution in [0.25, 0.3) is 0 Å². The van der Waals surface area contributed by atoms with Crippen molar-refractivity contribution in [3.05, 3.63) is 23.8 Å². The van der Waals surface area contributed by atoms with Crippen molar-refractivity contribution in [2.75, 3.05) is 19.5 Å². The molecule has 0 N–H and O–H groups in total. The van der Waals surface area contributed by atoms with E-state index in [-0.39, 0.29) is 11.4 Å². The van der Waals surface area contributed by atoms with E-state index in [2.05, 4.69) is 19.1 Å². The minimum absolute atomic E-state index is 0.120. The molecule has 0 fully saturated rings. The number of fused-ring (bicyclic) bond motifs is 1. The molecule has 104 valence electrons. The number of hydrogen-bond donors (Lipinski definition) is 0. The Morgan fingerprint density at radius 3 is 2.95 bits per heavy atom. The number of carbonyl (C=O) groups excluding carboxylic acids is 1. The first-order chi connectivity index (χ1) is 9.09. The van der Waals surface area contributed by atoms with Gasteiger partial charge in [-0.2, -0.15) is 0 Å². The highest BCUT2D eigenvalue weighted by molar-refractivity contribution is 7.99. The third-order valence-electron chi connectivity index (χ3n) is 3.59. The minimum atomic E-state index is -0.151. The second kappa shape index (κ2) is 5.87. The van der Waals surface area contributed by atoms with Crippen molar-refractivity contribution in [2.24, 2.45) is 0 Å². The number of benzene rings is 1. The third-order valence-corrected chi connectivity index (χ3v) is 4.66. The lowest BCUT2D eigenvalue weighted by atomic mass is 9.77. The highest BCUT2D eigenvalue weighted by Crippen LogP contribution is 2.45. The van der Waals surface area contributed by atoms with E-state index in [4.69, 9.17) is 9.47 Å². The van der Waals surface area contributed by atoms with Crippen LogP contribution in [0.15, 0.2) is 23.1 Å². The summed E-state index contributed by atoms with van der Waals surface area (Å²) in [5, 5.41) is 0. The van der Waals surface area contributed by atoms with Crippen LogP contribution < -0.4 is 4.74 Å². The fraction of sp³-hybridized carbons (Fsp3) is 0.533. The summed E-state index contributed by atoms with van der Waals surface area (Å²) in [4.78, 5) is 13.1. The molecular weight excluding hydrogens is 260 g/mol. The van der Waals surface area contributed by atoms with Crippen LogP contribution in [0.3, 0.4) is 0 Å². The van der Waals surface area contributed by atoms with Gasteiger partial charge in [0.1, 0.15) is 5.75 Å². The Bertz CT molecular complexity index is 472. The molecule has 1 atom stereocenters. The molecule has 0 radical (unpaired) electrons. The maximum Gasteiger partial charge on any atom is 0.306 e. The zero-order chi connectivity index (χ0) is 13.9. The Balaban J connectivity index is 2.31. The largest absolute Gasteiger partial charge is 0.497 e. The molecule has 1 aromatic rings. The van der Waals surface area contributed by atoms with Gasteiger partial charge in [0.05, 0.1) is 20.1 Å². The first-order valence-electron chi connectivity index (χ1n) is 6.56. The van der Waals surface area contributed by atoms with E-state index in [1.165, 1.54) is 10.5 Å². The molecule has 1 aromatic carbocycles. The van der Waals surface area contributed by atoms with Gasteiger partial charge in [0.15, 0.2) is 0 Å². The smallest absolute Gasteiger partial charge is 0.306 e. The van der Waals surface area contributed by atoms with Gasteiger partial charge >= 0.3 is 5.97 Å². The summed E-state index contributed by atoms with van der Waals surface area (Å²) in [5.74, 6) is 1.76. The van der Waals surface area contributed by atoms with Crippen molar-refractivity contribution in [1.82, 2.24) is 0 Å². The maximum absolute atomic E-state index is 11.8. The molecule has 3 nitrogen and oxygen atoms in total. The molecule has 1 heterocycles. The highest BCUT2D eigenvalue weighted by atomic mass is 32.2. The molecular formula is C15H20O3S. The van der Waals surface area contributed by atoms with Crippen molar-refractivity contribution in [2.45, 2.75) is 37.0 Å². The van der Waals surface area contributed by atoms with Gasteiger partial charge < -0.3 is 9.47 Å². The van der Waals surface area contributed by atoms with Crippen LogP contribution in [0.5, 0.6) is 5.75 Å². The van der Waals surface area contributed by atoms with Crippen LogP contribution in [0.4, 0.5) is 0 Å². The van der Waals surface area contributed by atoms with E-state index < -0.39 is 0 Å². The highest BCUT2D eigenvalue weighted by Gasteiger charge is 2.35. The summed E-state index contributed by atoms with van der Waals surface area (Å²) < 4.78 is 10.4. The molecule has 0 bridgehead atoms. The zero-order valence-electron chi connectivity index (χ0n) is 11.7. The Morgan fingerprint density at radius 1 is 1.47 bits per heavy atom. The number of carbonyl (C=O) groups is 1. The summed E-state index contributed by atoms with van der Waals surface area (Å²) in [6.45, 7) is 4.42. The lowest BCUT2D eigenvalue weighted by Gasteiger charge is -2.35. The van der Waals surface area contributed by atoms with Crippen LogP contribution in [0.1, 0.15) is 32.3 Å². The molecule has 0 amide bonds. The minimum Gasteiger partial charge on any atom is -0.497 e. The van der Waals surface area contributed by atoms with Crippen LogP contribution >= 0.6 is 11.8 Å². The Labute approximate surface area is 118 Å². The Hall–Kier alpha value is -1.16. The first-order valence-corrected chi connectivity index (χ1v) is 7.54. The van der Waals surface area contributed by atoms with E-state index in [1.807, 2.05) is 24.8 Å². The van der Waals surface area contributed by atoms with Crippen molar-refractivity contribution in [1.29, 1.82) is 0 Å². The van der Waals surface area contributed by atoms with E-state index in [0.29, 0.717) is 13.0 Å². The molecule has 1 unspecified atom stereocenters. The van der Waals surface area contributed by atoms with Crippen LogP contribution in [0.2, 0.25) is 0 Å². The van der Waals surface area contributed by atoms with E-state index in [0.717, 1.165) is 17.9 Å². The molecule has 0 aliphatic carbocycles. The van der Waals surface area contributed by atoms with E-state index >= 15 is 0 Å². The van der Waals surface area contributed by atoms with Crippen molar-refractivity contribution in [3.8, 4) is 5.75 Å². The summed E-state index contributed by atoms with van der Waals surface area (Å²) in [6.07, 6.45) is 1.41. The lowest BCUT2D eigenvalue weighted by Crippen LogP contribution is -2.30. The number of methoxy groups -OCH3 is 1. The van der Waals surface area contributed by atoms with Gasteiger partial charge in [0.25, 0.3) is 0 Å². The average molecular weight is 280 g/mol. The SMILES string of the molecule is CCOC(=O)CC1(C)CCSc2ccc(OC)cc21. The predicted octanol–water partition coefficient (Wildman–Crippen LogP) is 3.40. The van der Waals surface area contributed by atoms with Crippen molar-refractivity contribution in [3.63, 3.8) is 0 Å². The second-order valence-electron chi connectivity index (χ2n) is 5.00. The predicted molar refractivity (Wildman–Crippen MR) is 76.9 cm³/mol. The molecule has 1 aliphatic rings. The number of thioether (sulfide) groups is 1. The summed E-state index contributed by atoms with van der Waals surface area (Å²) in [7, 11) is 1.67. The average Bonchev–Trinajstić information content (AvgIpc) is 2.39. The third kappa shape index (κ3) is 3.06. The second-order valence-corrected chi connectivity index (χ2v) is 6.14. The van der Waals surface area contributed by atoms with E-state index in [1.54, 1.807) is 7.11 Å². The van der Waals surface area contributed by atoms with Gasteiger partial charge in [-0.05, 0) is 42.9 Å². The molecule has 2 rings (SSSR count). The van der Waals surface area contributed by atoms with Gasteiger partial charge in [-0.3, -0.25) is 4.79 Å². The zero-order valence-corrected chi connectivity index (χ0v) is 12.5. The standard InChI is InChI=1S/C15H20O3S/c1-4-18-14(16)10-15(2)7-8-19-13-6-5-11(17-3)9-12(13)15/h5-6,9H,4,7-8,10H2,1-3H3. The number of hydrogen-bond acceptors (Lipinski definition) is 4. The number of ether oxygens (including phenoxy) is 2. The molecule has 0 aromatic heterocycles. The number of rotatable bonds is 4. The van der Waals surface area contributed by atoms with Crippen LogP contribution in [0, 0.1) is 0 Å². The lowest BCUT2D eigenvalue weighted by molar-refractivity contribution is -0.144. The Morgan fingerprint density at radius 2 is 2.26 bits per heavy atom. The number of esters is 1. The quantitative estimate of drug-likeness (QED) is 0.792. The monoisotopic (exact) mass is 280 g/mol. The first kappa shape index (κ1) is 14.3. The van der Waals surface area contributed by atoms with Crippen molar-refractivity contribution >= 4 is 17.7 Å². The van der Waals surface area contributed by atoms with Gasteiger partial charge in [0.2, 0.25) is 0 Å². The van der Waals surface area contributed by atoms with Gasteiger partial charge in [-0.25, -0.2) is 0 Å². The Kier molecular flexibility index (Phi) is 4.40. The summed E-state index contributed by atoms with van der Waals surface area (Å²) >= 11 is 1.84. The van der Waals surface area contributed by atoms with Crippen molar-refractivity contribution < 1.29 is 14.3 Å². The topological polar surface area (TPSA) is 35.5 Å². The molecule has 0 saturated heterocycles. The fourth-order valence-electron chi connectivity index (χ4n) is 2.47. The molecule has 19 heavy (non-hydrogen) atoms. The normalized spacial score (nSPS) is 21.6. The van der Waals surface area contributed by atoms with Gasteiger partial charge in [-0.15, -0.1) is 11.8 Å². The summed E-state index contributed by atoms with van der Waals surface area (Å²) in [5.41, 5.74) is 1.05. The fourth-order valence-corrected chi connectivity index (χ4v) is 3.87. The van der Waals surface area contributed by atoms with E-state index in [9.17, 15) is 4.79 Å². The molecule has 0 saturated carbocycles. The van der Waals surface area contributed by atoms with Gasteiger partial charge in [-0.1, -0.05) is 6.92 Å². The molecule has 4 heteroatoms. The van der Waals surface area contributed by atoms with Gasteiger partial charge in [0, 0.05) is 10.3 Å². The van der Waals surface area contributed by atoms with Crippen LogP contribution in [-0.2, 0) is 14.9 Å². The molecule has 0 spiro atoms. The summed E-state index contributed by atoms with van der Waals surface area (Å²) in [6, 6.07) is 6.12.